The van der Waals surface area contributed by atoms with Crippen molar-refractivity contribution in [3.05, 3.63) is 0 Å². The van der Waals surface area contributed by atoms with E-state index in [9.17, 15) is 4.79 Å². The van der Waals surface area contributed by atoms with Gasteiger partial charge in [0, 0.05) is 11.8 Å². The predicted octanol–water partition coefficient (Wildman–Crippen LogP) is 5.61. The molecule has 0 aromatic carbocycles. The van der Waals surface area contributed by atoms with E-state index in [0.717, 1.165) is 30.1 Å². The highest BCUT2D eigenvalue weighted by Crippen LogP contribution is 2.73. The molecule has 5 aliphatic rings. The minimum absolute atomic E-state index is 0.0562. The van der Waals surface area contributed by atoms with E-state index in [1.54, 1.807) is 0 Å². The zero-order valence-electron chi connectivity index (χ0n) is 18.4. The molecule has 0 aromatic heterocycles. The molecule has 10 atom stereocenters. The maximum absolute atomic E-state index is 11.7. The summed E-state index contributed by atoms with van der Waals surface area (Å²) in [6.45, 7) is 7.59. The molecule has 0 aromatic rings. The lowest BCUT2D eigenvalue weighted by Gasteiger charge is -2.59. The number of fused-ring (bicyclic) bond motifs is 8. The largest absolute Gasteiger partial charge is 0.469 e. The molecule has 4 aliphatic carbocycles. The van der Waals surface area contributed by atoms with E-state index < -0.39 is 0 Å². The van der Waals surface area contributed by atoms with Gasteiger partial charge in [-0.25, -0.2) is 0 Å². The van der Waals surface area contributed by atoms with Gasteiger partial charge < -0.3 is 9.47 Å². The Labute approximate surface area is 171 Å². The van der Waals surface area contributed by atoms with Crippen LogP contribution >= 0.6 is 0 Å². The molecule has 4 saturated carbocycles. The highest BCUT2D eigenvalue weighted by molar-refractivity contribution is 5.69. The molecule has 5 rings (SSSR count). The number of carbonyl (C=O) groups is 1. The highest BCUT2D eigenvalue weighted by atomic mass is 16.6. The normalized spacial score (nSPS) is 52.6. The fourth-order valence-electron chi connectivity index (χ4n) is 9.27. The average Bonchev–Trinajstić information content (AvgIpc) is 3.41. The lowest BCUT2D eigenvalue weighted by atomic mass is 9.44. The second-order valence-electron chi connectivity index (χ2n) is 11.5. The lowest BCUT2D eigenvalue weighted by Crippen LogP contribution is -2.56. The van der Waals surface area contributed by atoms with E-state index in [2.05, 4.69) is 20.8 Å². The number of ether oxygens (including phenoxy) is 2. The van der Waals surface area contributed by atoms with Gasteiger partial charge in [0.2, 0.25) is 0 Å². The Morgan fingerprint density at radius 3 is 2.75 bits per heavy atom. The molecule has 0 N–H and O–H groups in total. The lowest BCUT2D eigenvalue weighted by molar-refractivity contribution is -0.141. The summed E-state index contributed by atoms with van der Waals surface area (Å²) in [5.74, 6) is 4.72. The van der Waals surface area contributed by atoms with Crippen LogP contribution < -0.4 is 0 Å². The molecule has 0 radical (unpaired) electrons. The van der Waals surface area contributed by atoms with Gasteiger partial charge >= 0.3 is 5.97 Å². The molecular formula is C25H40O3. The second kappa shape index (κ2) is 6.72. The number of rotatable bonds is 4. The Morgan fingerprint density at radius 1 is 1.14 bits per heavy atom. The van der Waals surface area contributed by atoms with E-state index in [1.165, 1.54) is 58.5 Å². The van der Waals surface area contributed by atoms with Gasteiger partial charge in [-0.2, -0.15) is 0 Å². The summed E-state index contributed by atoms with van der Waals surface area (Å²) in [7, 11) is 1.51. The maximum atomic E-state index is 11.7. The van der Waals surface area contributed by atoms with Crippen LogP contribution in [-0.2, 0) is 14.3 Å². The van der Waals surface area contributed by atoms with E-state index in [0.29, 0.717) is 41.3 Å². The summed E-state index contributed by atoms with van der Waals surface area (Å²) in [4.78, 5) is 11.7. The van der Waals surface area contributed by atoms with Crippen molar-refractivity contribution < 1.29 is 14.3 Å². The smallest absolute Gasteiger partial charge is 0.305 e. The van der Waals surface area contributed by atoms with Gasteiger partial charge in [-0.3, -0.25) is 4.79 Å². The first kappa shape index (κ1) is 19.4. The third-order valence-electron chi connectivity index (χ3n) is 10.6. The minimum atomic E-state index is -0.0562. The summed E-state index contributed by atoms with van der Waals surface area (Å²) in [5, 5.41) is 0. The van der Waals surface area contributed by atoms with Crippen molar-refractivity contribution in [3.8, 4) is 0 Å². The molecule has 0 bridgehead atoms. The summed E-state index contributed by atoms with van der Waals surface area (Å²) in [6.07, 6.45) is 14.0. The zero-order chi connectivity index (χ0) is 19.7. The monoisotopic (exact) mass is 388 g/mol. The van der Waals surface area contributed by atoms with E-state index in [1.807, 2.05) is 0 Å². The first-order chi connectivity index (χ1) is 13.4. The van der Waals surface area contributed by atoms with Gasteiger partial charge in [0.1, 0.15) is 0 Å². The number of hydrogen-bond acceptors (Lipinski definition) is 3. The van der Waals surface area contributed by atoms with Gasteiger partial charge in [0.15, 0.2) is 0 Å². The van der Waals surface area contributed by atoms with Crippen molar-refractivity contribution in [2.45, 2.75) is 97.2 Å². The topological polar surface area (TPSA) is 38.8 Å². The molecular weight excluding hydrogens is 348 g/mol. The van der Waals surface area contributed by atoms with Gasteiger partial charge in [-0.15, -0.1) is 0 Å². The van der Waals surface area contributed by atoms with Crippen molar-refractivity contribution in [1.82, 2.24) is 0 Å². The summed E-state index contributed by atoms with van der Waals surface area (Å²) < 4.78 is 11.5. The van der Waals surface area contributed by atoms with Crippen LogP contribution in [0.15, 0.2) is 0 Å². The third kappa shape index (κ3) is 2.60. The Hall–Kier alpha value is -0.570. The van der Waals surface area contributed by atoms with Crippen molar-refractivity contribution in [2.75, 3.05) is 7.11 Å². The molecule has 3 heteroatoms. The van der Waals surface area contributed by atoms with Crippen LogP contribution in [0.1, 0.15) is 85.0 Å². The van der Waals surface area contributed by atoms with E-state index >= 15 is 0 Å². The van der Waals surface area contributed by atoms with Gasteiger partial charge in [-0.05, 0) is 85.9 Å². The number of esters is 1. The Balaban J connectivity index is 1.38. The standard InChI is InChI=1S/C25H40O3/c1-15(8-13-20(26)27-4)18-11-12-19-17-10-9-16-7-5-6-14-24(16,2)21(17)22-23(28-22)25(18,19)3/h15-19,21-23H,5-14H2,1-4H3/t15-,16+,17+,18-,19+,21-,22+,23+,24-,25+/m0/s1. The molecule has 5 fully saturated rings. The number of hydrogen-bond donors (Lipinski definition) is 0. The fourth-order valence-corrected chi connectivity index (χ4v) is 9.27. The zero-order valence-corrected chi connectivity index (χ0v) is 18.4. The van der Waals surface area contributed by atoms with Gasteiger partial charge in [0.25, 0.3) is 0 Å². The van der Waals surface area contributed by atoms with Crippen LogP contribution in [0.4, 0.5) is 0 Å². The second-order valence-corrected chi connectivity index (χ2v) is 11.5. The number of carbonyl (C=O) groups excluding carboxylic acids is 1. The molecule has 0 spiro atoms. The van der Waals surface area contributed by atoms with Gasteiger partial charge in [0.05, 0.1) is 19.3 Å². The SMILES string of the molecule is COC(=O)CC[C@H](C)[C@@H]1CC[C@@H]2[C@H]3CC[C@H]4CCCC[C@]4(C)[C@@H]3[C@H]3O[C@H]3[C@@]21C. The average molecular weight is 389 g/mol. The van der Waals surface area contributed by atoms with Crippen LogP contribution in [-0.4, -0.2) is 25.3 Å². The summed E-state index contributed by atoms with van der Waals surface area (Å²) in [5.41, 5.74) is 0.871. The van der Waals surface area contributed by atoms with Crippen molar-refractivity contribution in [2.24, 2.45) is 46.3 Å². The van der Waals surface area contributed by atoms with Crippen molar-refractivity contribution >= 4 is 5.97 Å². The molecule has 158 valence electrons. The number of methoxy groups -OCH3 is 1. The highest BCUT2D eigenvalue weighted by Gasteiger charge is 2.73. The third-order valence-corrected chi connectivity index (χ3v) is 10.6. The van der Waals surface area contributed by atoms with Crippen LogP contribution in [0.3, 0.4) is 0 Å². The van der Waals surface area contributed by atoms with Crippen LogP contribution in [0.2, 0.25) is 0 Å². The molecule has 1 heterocycles. The van der Waals surface area contributed by atoms with Crippen molar-refractivity contribution in [1.29, 1.82) is 0 Å². The van der Waals surface area contributed by atoms with Crippen LogP contribution in [0.25, 0.3) is 0 Å². The molecule has 28 heavy (non-hydrogen) atoms. The molecule has 0 unspecified atom stereocenters. The van der Waals surface area contributed by atoms with Gasteiger partial charge in [-0.1, -0.05) is 33.6 Å². The quantitative estimate of drug-likeness (QED) is 0.464. The Bertz CT molecular complexity index is 631. The first-order valence-electron chi connectivity index (χ1n) is 12.1. The summed E-state index contributed by atoms with van der Waals surface area (Å²) >= 11 is 0. The van der Waals surface area contributed by atoms with Crippen LogP contribution in [0, 0.1) is 46.3 Å². The van der Waals surface area contributed by atoms with E-state index in [-0.39, 0.29) is 5.97 Å². The van der Waals surface area contributed by atoms with Crippen LogP contribution in [0.5, 0.6) is 0 Å². The van der Waals surface area contributed by atoms with Crippen molar-refractivity contribution in [3.63, 3.8) is 0 Å². The fraction of sp³-hybridized carbons (Fsp3) is 0.960. The first-order valence-corrected chi connectivity index (χ1v) is 12.1. The molecule has 0 amide bonds. The molecule has 1 saturated heterocycles. The molecule has 1 aliphatic heterocycles. The molecule has 3 nitrogen and oxygen atoms in total. The Morgan fingerprint density at radius 2 is 1.96 bits per heavy atom. The van der Waals surface area contributed by atoms with E-state index in [4.69, 9.17) is 9.47 Å². The maximum Gasteiger partial charge on any atom is 0.305 e. The minimum Gasteiger partial charge on any atom is -0.469 e. The number of epoxide rings is 1. The predicted molar refractivity (Wildman–Crippen MR) is 110 cm³/mol. The Kier molecular flexibility index (Phi) is 4.66. The summed E-state index contributed by atoms with van der Waals surface area (Å²) in [6, 6.07) is 0.